The summed E-state index contributed by atoms with van der Waals surface area (Å²) in [6.07, 6.45) is 4.12. The van der Waals surface area contributed by atoms with Crippen molar-refractivity contribution in [2.24, 2.45) is 5.92 Å². The molecule has 0 spiro atoms. The number of aromatic nitrogens is 2. The normalized spacial score (nSPS) is 13.4. The number of benzene rings is 3. The molecule has 3 aromatic carbocycles. The number of carboxylic acids is 2. The van der Waals surface area contributed by atoms with Gasteiger partial charge in [0.2, 0.25) is 0 Å². The van der Waals surface area contributed by atoms with Gasteiger partial charge in [0, 0.05) is 25.2 Å². The molecule has 1 heterocycles. The fourth-order valence-electron chi connectivity index (χ4n) is 5.65. The second-order valence-electron chi connectivity index (χ2n) is 11.6. The lowest BCUT2D eigenvalue weighted by Gasteiger charge is -2.21. The first-order valence-electron chi connectivity index (χ1n) is 15.7. The maximum absolute atomic E-state index is 12.6. The van der Waals surface area contributed by atoms with Crippen molar-refractivity contribution in [3.8, 4) is 11.1 Å². The van der Waals surface area contributed by atoms with Gasteiger partial charge in [-0.1, -0.05) is 75.1 Å². The maximum Gasteiger partial charge on any atom is 0.490 e. The Hall–Kier alpha value is -4.87. The monoisotopic (exact) mass is 652 g/mol. The molecule has 0 unspecified atom stereocenters. The highest BCUT2D eigenvalue weighted by molar-refractivity contribution is 5.96. The van der Waals surface area contributed by atoms with Gasteiger partial charge in [-0.3, -0.25) is 0 Å². The van der Waals surface area contributed by atoms with Gasteiger partial charge in [0.1, 0.15) is 5.82 Å². The van der Waals surface area contributed by atoms with Crippen LogP contribution < -0.4 is 10.6 Å². The lowest BCUT2D eigenvalue weighted by molar-refractivity contribution is -0.192. The van der Waals surface area contributed by atoms with Crippen LogP contribution in [0.25, 0.3) is 22.2 Å². The minimum absolute atomic E-state index is 0.167. The zero-order valence-corrected chi connectivity index (χ0v) is 26.1. The van der Waals surface area contributed by atoms with Gasteiger partial charge < -0.3 is 25.4 Å². The van der Waals surface area contributed by atoms with Crippen LogP contribution in [-0.2, 0) is 17.8 Å². The highest BCUT2D eigenvalue weighted by Crippen LogP contribution is 2.27. The number of halogens is 3. The van der Waals surface area contributed by atoms with Crippen LogP contribution in [0.2, 0.25) is 0 Å². The summed E-state index contributed by atoms with van der Waals surface area (Å²) in [5.41, 5.74) is 5.60. The number of unbranched alkanes of at least 4 members (excludes halogenated alkanes) is 1. The number of rotatable bonds is 10. The summed E-state index contributed by atoms with van der Waals surface area (Å²) < 4.78 is 34.0. The molecular weight excluding hydrogens is 613 g/mol. The second kappa shape index (κ2) is 16.1. The number of imidazole rings is 1. The van der Waals surface area contributed by atoms with Crippen molar-refractivity contribution < 1.29 is 37.8 Å². The number of aromatic carboxylic acids is 1. The summed E-state index contributed by atoms with van der Waals surface area (Å²) >= 11 is 0. The van der Waals surface area contributed by atoms with E-state index in [0.29, 0.717) is 23.6 Å². The molecule has 0 atom stereocenters. The average molecular weight is 653 g/mol. The van der Waals surface area contributed by atoms with Crippen LogP contribution >= 0.6 is 0 Å². The van der Waals surface area contributed by atoms with E-state index < -0.39 is 18.1 Å². The fraction of sp³-hybridized carbons (Fsp3) is 0.371. The van der Waals surface area contributed by atoms with Gasteiger partial charge in [-0.25, -0.2) is 19.4 Å². The van der Waals surface area contributed by atoms with Gasteiger partial charge in [0.25, 0.3) is 0 Å². The van der Waals surface area contributed by atoms with E-state index in [4.69, 9.17) is 14.9 Å². The van der Waals surface area contributed by atoms with E-state index in [0.717, 1.165) is 59.5 Å². The molecule has 0 saturated heterocycles. The molecule has 12 heteroatoms. The number of amides is 2. The number of hydrogen-bond donors (Lipinski definition) is 4. The molecule has 1 fully saturated rings. The third-order valence-corrected chi connectivity index (χ3v) is 8.12. The molecule has 5 rings (SSSR count). The van der Waals surface area contributed by atoms with Crippen molar-refractivity contribution in [3.05, 3.63) is 83.7 Å². The lowest BCUT2D eigenvalue weighted by atomic mass is 9.89. The SMILES string of the molecule is CCCCc1nc2ccc(NC(=O)NCC3CCCCC3)cc2n1Cc1ccc(-c2ccccc2C(=O)O)cc1.O=C(O)C(F)(F)F. The predicted molar refractivity (Wildman–Crippen MR) is 174 cm³/mol. The molecule has 1 aliphatic carbocycles. The number of nitrogens with zero attached hydrogens (tertiary/aromatic N) is 2. The lowest BCUT2D eigenvalue weighted by Crippen LogP contribution is -2.33. The summed E-state index contributed by atoms with van der Waals surface area (Å²) in [5.74, 6) is -2.09. The largest absolute Gasteiger partial charge is 0.490 e. The number of urea groups is 1. The Morgan fingerprint density at radius 2 is 1.64 bits per heavy atom. The molecule has 250 valence electrons. The van der Waals surface area contributed by atoms with Crippen molar-refractivity contribution in [2.75, 3.05) is 11.9 Å². The number of fused-ring (bicyclic) bond motifs is 1. The van der Waals surface area contributed by atoms with E-state index >= 15 is 0 Å². The van der Waals surface area contributed by atoms with Crippen molar-refractivity contribution >= 4 is 34.7 Å². The van der Waals surface area contributed by atoms with Gasteiger partial charge in [-0.2, -0.15) is 13.2 Å². The third kappa shape index (κ3) is 9.81. The number of carbonyl (C=O) groups excluding carboxylic acids is 1. The highest BCUT2D eigenvalue weighted by Gasteiger charge is 2.38. The molecule has 2 amide bonds. The van der Waals surface area contributed by atoms with Gasteiger partial charge in [-0.15, -0.1) is 0 Å². The van der Waals surface area contributed by atoms with E-state index in [2.05, 4.69) is 22.1 Å². The first-order chi connectivity index (χ1) is 22.5. The minimum atomic E-state index is -5.08. The quantitative estimate of drug-likeness (QED) is 0.137. The molecular formula is C35H39F3N4O5. The molecule has 0 radical (unpaired) electrons. The fourth-order valence-corrected chi connectivity index (χ4v) is 5.65. The van der Waals surface area contributed by atoms with Crippen molar-refractivity contribution in [1.29, 1.82) is 0 Å². The summed E-state index contributed by atoms with van der Waals surface area (Å²) in [6.45, 7) is 3.53. The topological polar surface area (TPSA) is 134 Å². The first kappa shape index (κ1) is 35.0. The van der Waals surface area contributed by atoms with E-state index in [1.54, 1.807) is 12.1 Å². The Labute approximate surface area is 270 Å². The third-order valence-electron chi connectivity index (χ3n) is 8.12. The number of carbonyl (C=O) groups is 3. The summed E-state index contributed by atoms with van der Waals surface area (Å²) in [7, 11) is 0. The number of carboxylic acid groups (broad SMARTS) is 2. The molecule has 4 N–H and O–H groups in total. The van der Waals surface area contributed by atoms with Crippen LogP contribution in [0, 0.1) is 5.92 Å². The Morgan fingerprint density at radius 1 is 0.957 bits per heavy atom. The number of aryl methyl sites for hydroxylation is 1. The smallest absolute Gasteiger partial charge is 0.478 e. The second-order valence-corrected chi connectivity index (χ2v) is 11.6. The number of alkyl halides is 3. The summed E-state index contributed by atoms with van der Waals surface area (Å²) in [5, 5.41) is 22.8. The maximum atomic E-state index is 12.6. The van der Waals surface area contributed by atoms with Gasteiger partial charge in [0.05, 0.1) is 16.6 Å². The van der Waals surface area contributed by atoms with Crippen LogP contribution in [0.3, 0.4) is 0 Å². The predicted octanol–water partition coefficient (Wildman–Crippen LogP) is 8.13. The van der Waals surface area contributed by atoms with E-state index in [1.807, 2.05) is 54.6 Å². The molecule has 1 aliphatic rings. The number of nitrogens with one attached hydrogen (secondary N) is 2. The highest BCUT2D eigenvalue weighted by atomic mass is 19.4. The van der Waals surface area contributed by atoms with Crippen molar-refractivity contribution in [2.45, 2.75) is 71.0 Å². The Bertz CT molecular complexity index is 1680. The average Bonchev–Trinajstić information content (AvgIpc) is 3.39. The number of anilines is 1. The molecule has 9 nitrogen and oxygen atoms in total. The summed E-state index contributed by atoms with van der Waals surface area (Å²) in [6, 6.07) is 20.8. The minimum Gasteiger partial charge on any atom is -0.478 e. The summed E-state index contributed by atoms with van der Waals surface area (Å²) in [4.78, 5) is 38.2. The van der Waals surface area contributed by atoms with E-state index in [1.165, 1.54) is 32.1 Å². The molecule has 1 aromatic heterocycles. The first-order valence-corrected chi connectivity index (χ1v) is 15.7. The zero-order valence-electron chi connectivity index (χ0n) is 26.1. The Morgan fingerprint density at radius 3 is 2.28 bits per heavy atom. The van der Waals surface area contributed by atoms with Crippen LogP contribution in [0.4, 0.5) is 23.7 Å². The van der Waals surface area contributed by atoms with Gasteiger partial charge >= 0.3 is 24.1 Å². The Kier molecular flexibility index (Phi) is 12.0. The van der Waals surface area contributed by atoms with Crippen LogP contribution in [0.5, 0.6) is 0 Å². The van der Waals surface area contributed by atoms with Crippen LogP contribution in [0.1, 0.15) is 73.6 Å². The number of aliphatic carboxylic acids is 1. The molecule has 47 heavy (non-hydrogen) atoms. The van der Waals surface area contributed by atoms with Gasteiger partial charge in [-0.05, 0) is 66.1 Å². The zero-order chi connectivity index (χ0) is 34.0. The Balaban J connectivity index is 0.000000644. The molecule has 4 aromatic rings. The standard InChI is InChI=1S/C33H38N4O3.C2HF3O2/c1-2-3-13-31-36-29-19-18-26(35-33(40)34-21-23-9-5-4-6-10-23)20-30(29)37(31)22-24-14-16-25(17-15-24)27-11-7-8-12-28(27)32(38)39;3-2(4,5)1(6)7/h7-8,11-12,14-20,23H,2-6,9-10,13,21-22H2,1H3,(H,38,39)(H2,34,35,40);(H,6,7). The van der Waals surface area contributed by atoms with E-state index in [9.17, 15) is 27.9 Å². The van der Waals surface area contributed by atoms with Crippen molar-refractivity contribution in [3.63, 3.8) is 0 Å². The molecule has 1 saturated carbocycles. The van der Waals surface area contributed by atoms with Crippen molar-refractivity contribution in [1.82, 2.24) is 14.9 Å². The molecule has 0 aliphatic heterocycles. The van der Waals surface area contributed by atoms with E-state index in [-0.39, 0.29) is 6.03 Å². The number of hydrogen-bond acceptors (Lipinski definition) is 4. The van der Waals surface area contributed by atoms with Crippen LogP contribution in [-0.4, -0.2) is 50.5 Å². The van der Waals surface area contributed by atoms with Crippen LogP contribution in [0.15, 0.2) is 66.7 Å². The molecule has 0 bridgehead atoms. The van der Waals surface area contributed by atoms with Gasteiger partial charge in [0.15, 0.2) is 0 Å².